The van der Waals surface area contributed by atoms with Crippen molar-refractivity contribution in [2.45, 2.75) is 19.9 Å². The van der Waals surface area contributed by atoms with E-state index in [1.165, 1.54) is 5.06 Å². The number of carbonyl (C=O) groups excluding carboxylic acids is 1. The average Bonchev–Trinajstić information content (AvgIpc) is 2.29. The molecular weight excluding hydrogens is 224 g/mol. The zero-order chi connectivity index (χ0) is 12.0. The van der Waals surface area contributed by atoms with Crippen molar-refractivity contribution in [3.8, 4) is 0 Å². The molecule has 0 aliphatic carbocycles. The Morgan fingerprint density at radius 1 is 1.44 bits per heavy atom. The first-order chi connectivity index (χ1) is 7.63. The highest BCUT2D eigenvalue weighted by Crippen LogP contribution is 2.05. The number of rotatable bonds is 3. The van der Waals surface area contributed by atoms with E-state index in [0.29, 0.717) is 6.54 Å². The molecule has 0 fully saturated rings. The lowest BCUT2D eigenvalue weighted by atomic mass is 10.2. The Balaban J connectivity index is 2.65. The molecule has 0 atom stereocenters. The van der Waals surface area contributed by atoms with E-state index in [2.05, 4.69) is 0 Å². The Labute approximate surface area is 99.9 Å². The molecule has 0 heterocycles. The van der Waals surface area contributed by atoms with E-state index in [4.69, 9.17) is 22.8 Å². The van der Waals surface area contributed by atoms with E-state index < -0.39 is 0 Å². The molecule has 0 aliphatic rings. The molecule has 0 spiro atoms. The van der Waals surface area contributed by atoms with Gasteiger partial charge in [-0.25, -0.2) is 4.79 Å². The summed E-state index contributed by atoms with van der Waals surface area (Å²) in [7, 11) is 0. The Morgan fingerprint density at radius 2 is 2.06 bits per heavy atom. The molecule has 0 amide bonds. The fraction of sp³-hybridized carbons (Fsp3) is 0.273. The van der Waals surface area contributed by atoms with Crippen LogP contribution in [0.1, 0.15) is 18.9 Å². The second kappa shape index (κ2) is 6.07. The van der Waals surface area contributed by atoms with Gasteiger partial charge in [-0.1, -0.05) is 37.3 Å². The Bertz CT molecular complexity index is 368. The highest BCUT2D eigenvalue weighted by molar-refractivity contribution is 7.80. The van der Waals surface area contributed by atoms with Crippen LogP contribution in [0.2, 0.25) is 0 Å². The molecular formula is C11H14N2O2S. The van der Waals surface area contributed by atoms with E-state index in [9.17, 15) is 4.79 Å². The number of nitrogens with zero attached hydrogens (tertiary/aromatic N) is 1. The molecule has 1 rings (SSSR count). The van der Waals surface area contributed by atoms with Gasteiger partial charge >= 0.3 is 5.97 Å². The Kier molecular flexibility index (Phi) is 4.72. The lowest BCUT2D eigenvalue weighted by Gasteiger charge is -2.20. The summed E-state index contributed by atoms with van der Waals surface area (Å²) in [5.74, 6) is -0.358. The number of hydrogen-bond donors (Lipinski definition) is 1. The van der Waals surface area contributed by atoms with Crippen LogP contribution in [0.15, 0.2) is 30.3 Å². The molecule has 0 saturated carbocycles. The lowest BCUT2D eigenvalue weighted by molar-refractivity contribution is -0.173. The summed E-state index contributed by atoms with van der Waals surface area (Å²) < 4.78 is 0. The molecule has 16 heavy (non-hydrogen) atoms. The van der Waals surface area contributed by atoms with E-state index in [1.807, 2.05) is 30.3 Å². The fourth-order valence-electron chi connectivity index (χ4n) is 1.09. The van der Waals surface area contributed by atoms with E-state index in [1.54, 1.807) is 6.92 Å². The first-order valence-corrected chi connectivity index (χ1v) is 5.36. The van der Waals surface area contributed by atoms with Gasteiger partial charge in [0.1, 0.15) is 0 Å². The number of hydroxylamine groups is 2. The number of thiocarbonyl (C=S) groups is 1. The Hall–Kier alpha value is -1.62. The third-order valence-corrected chi connectivity index (χ3v) is 2.12. The van der Waals surface area contributed by atoms with Crippen molar-refractivity contribution in [1.29, 1.82) is 0 Å². The molecule has 5 heteroatoms. The highest BCUT2D eigenvalue weighted by Gasteiger charge is 2.12. The molecule has 0 aliphatic heterocycles. The molecule has 0 unspecified atom stereocenters. The largest absolute Gasteiger partial charge is 0.374 e. The molecule has 0 aromatic heterocycles. The summed E-state index contributed by atoms with van der Waals surface area (Å²) in [5.41, 5.74) is 6.44. The van der Waals surface area contributed by atoms with E-state index in [0.717, 1.165) is 5.56 Å². The predicted octanol–water partition coefficient (Wildman–Crippen LogP) is 1.60. The van der Waals surface area contributed by atoms with Gasteiger partial charge in [-0.15, -0.1) is 0 Å². The number of hydrogen-bond acceptors (Lipinski definition) is 3. The molecule has 0 bridgehead atoms. The summed E-state index contributed by atoms with van der Waals surface area (Å²) in [6.07, 6.45) is 0.286. The van der Waals surface area contributed by atoms with Crippen molar-refractivity contribution in [2.24, 2.45) is 5.73 Å². The van der Waals surface area contributed by atoms with Crippen LogP contribution in [0.25, 0.3) is 0 Å². The average molecular weight is 238 g/mol. The lowest BCUT2D eigenvalue weighted by Crippen LogP contribution is -2.36. The van der Waals surface area contributed by atoms with Gasteiger partial charge in [0.05, 0.1) is 6.54 Å². The quantitative estimate of drug-likeness (QED) is 0.640. The third kappa shape index (κ3) is 3.86. The van der Waals surface area contributed by atoms with Crippen molar-refractivity contribution in [2.75, 3.05) is 0 Å². The maximum atomic E-state index is 11.1. The van der Waals surface area contributed by atoms with Crippen LogP contribution in [0.5, 0.6) is 0 Å². The van der Waals surface area contributed by atoms with Crippen molar-refractivity contribution in [3.63, 3.8) is 0 Å². The standard InChI is InChI=1S/C11H14N2O2S/c1-2-10(14)15-13(11(12)16)8-9-6-4-3-5-7-9/h3-7H,2,8H2,1H3,(H2,12,16). The second-order valence-corrected chi connectivity index (χ2v) is 3.60. The summed E-state index contributed by atoms with van der Waals surface area (Å²) in [4.78, 5) is 16.1. The molecule has 0 saturated heterocycles. The second-order valence-electron chi connectivity index (χ2n) is 3.18. The van der Waals surface area contributed by atoms with Gasteiger partial charge in [0.15, 0.2) is 0 Å². The van der Waals surface area contributed by atoms with Crippen LogP contribution in [0.3, 0.4) is 0 Å². The fourth-order valence-corrected chi connectivity index (χ4v) is 1.19. The monoisotopic (exact) mass is 238 g/mol. The summed E-state index contributed by atoms with van der Waals surface area (Å²) >= 11 is 4.81. The zero-order valence-corrected chi connectivity index (χ0v) is 9.87. The normalized spacial score (nSPS) is 9.56. The van der Waals surface area contributed by atoms with Crippen LogP contribution < -0.4 is 5.73 Å². The Morgan fingerprint density at radius 3 is 2.56 bits per heavy atom. The van der Waals surface area contributed by atoms with Gasteiger partial charge in [-0.2, -0.15) is 5.06 Å². The van der Waals surface area contributed by atoms with Crippen molar-refractivity contribution >= 4 is 23.3 Å². The van der Waals surface area contributed by atoms with Crippen molar-refractivity contribution < 1.29 is 9.63 Å². The van der Waals surface area contributed by atoms with Crippen LogP contribution >= 0.6 is 12.2 Å². The maximum absolute atomic E-state index is 11.1. The van der Waals surface area contributed by atoms with Crippen LogP contribution in [-0.4, -0.2) is 16.1 Å². The molecule has 2 N–H and O–H groups in total. The molecule has 4 nitrogen and oxygen atoms in total. The van der Waals surface area contributed by atoms with Gasteiger partial charge in [0.25, 0.3) is 0 Å². The first kappa shape index (κ1) is 12.4. The summed E-state index contributed by atoms with van der Waals surface area (Å²) in [5, 5.41) is 1.27. The minimum Gasteiger partial charge on any atom is -0.374 e. The smallest absolute Gasteiger partial charge is 0.332 e. The third-order valence-electron chi connectivity index (χ3n) is 1.92. The molecule has 0 radical (unpaired) electrons. The molecule has 1 aromatic carbocycles. The number of nitrogens with two attached hydrogens (primary N) is 1. The van der Waals surface area contributed by atoms with Gasteiger partial charge in [-0.05, 0) is 17.8 Å². The summed E-state index contributed by atoms with van der Waals surface area (Å²) in [6.45, 7) is 2.07. The molecule has 1 aromatic rings. The predicted molar refractivity (Wildman–Crippen MR) is 65.2 cm³/mol. The minimum atomic E-state index is -0.358. The van der Waals surface area contributed by atoms with Gasteiger partial charge in [0.2, 0.25) is 5.11 Å². The van der Waals surface area contributed by atoms with Crippen LogP contribution in [-0.2, 0) is 16.2 Å². The topological polar surface area (TPSA) is 55.6 Å². The maximum Gasteiger partial charge on any atom is 0.332 e. The highest BCUT2D eigenvalue weighted by atomic mass is 32.1. The van der Waals surface area contributed by atoms with E-state index >= 15 is 0 Å². The van der Waals surface area contributed by atoms with Gasteiger partial charge in [-0.3, -0.25) is 0 Å². The van der Waals surface area contributed by atoms with E-state index in [-0.39, 0.29) is 17.5 Å². The van der Waals surface area contributed by atoms with Gasteiger partial charge < -0.3 is 10.6 Å². The summed E-state index contributed by atoms with van der Waals surface area (Å²) in [6, 6.07) is 9.52. The SMILES string of the molecule is CCC(=O)ON(Cc1ccccc1)C(N)=S. The van der Waals surface area contributed by atoms with Crippen LogP contribution in [0, 0.1) is 0 Å². The van der Waals surface area contributed by atoms with Crippen LogP contribution in [0.4, 0.5) is 0 Å². The number of carbonyl (C=O) groups is 1. The van der Waals surface area contributed by atoms with Crippen molar-refractivity contribution in [3.05, 3.63) is 35.9 Å². The molecule has 86 valence electrons. The number of benzene rings is 1. The zero-order valence-electron chi connectivity index (χ0n) is 9.05. The van der Waals surface area contributed by atoms with Gasteiger partial charge in [0, 0.05) is 6.42 Å². The van der Waals surface area contributed by atoms with Crippen molar-refractivity contribution in [1.82, 2.24) is 5.06 Å². The minimum absolute atomic E-state index is 0.0469. The first-order valence-electron chi connectivity index (χ1n) is 4.95.